The second-order valence-corrected chi connectivity index (χ2v) is 4.29. The summed E-state index contributed by atoms with van der Waals surface area (Å²) in [6.45, 7) is 2.64. The van der Waals surface area contributed by atoms with Crippen LogP contribution in [0.25, 0.3) is 0 Å². The number of hydrogen-bond acceptors (Lipinski definition) is 3. The Morgan fingerprint density at radius 3 is 2.58 bits per heavy atom. The summed E-state index contributed by atoms with van der Waals surface area (Å²) in [6, 6.07) is 16.2. The van der Waals surface area contributed by atoms with Crippen LogP contribution in [0.3, 0.4) is 0 Å². The smallest absolute Gasteiger partial charge is 0.128 e. The molecule has 0 fully saturated rings. The number of benzene rings is 2. The fourth-order valence-electron chi connectivity index (χ4n) is 1.70. The van der Waals surface area contributed by atoms with Gasteiger partial charge in [0.05, 0.1) is 6.21 Å². The summed E-state index contributed by atoms with van der Waals surface area (Å²) < 4.78 is 5.84. The van der Waals surface area contributed by atoms with Gasteiger partial charge in [-0.1, -0.05) is 42.0 Å². The van der Waals surface area contributed by atoms with E-state index in [0.717, 1.165) is 16.9 Å². The molecule has 0 atom stereocenters. The molecule has 0 spiro atoms. The van der Waals surface area contributed by atoms with E-state index in [9.17, 15) is 0 Å². The monoisotopic (exact) mass is 254 g/mol. The summed E-state index contributed by atoms with van der Waals surface area (Å²) in [4.78, 5) is 0. The van der Waals surface area contributed by atoms with Crippen molar-refractivity contribution in [3.05, 3.63) is 65.2 Å². The van der Waals surface area contributed by atoms with Crippen LogP contribution in [-0.2, 0) is 6.61 Å². The van der Waals surface area contributed by atoms with E-state index >= 15 is 0 Å². The maximum atomic E-state index is 5.84. The molecule has 0 saturated carbocycles. The maximum Gasteiger partial charge on any atom is 0.128 e. The van der Waals surface area contributed by atoms with Crippen molar-refractivity contribution in [2.45, 2.75) is 13.5 Å². The van der Waals surface area contributed by atoms with Crippen LogP contribution in [0.5, 0.6) is 5.75 Å². The molecule has 19 heavy (non-hydrogen) atoms. The second-order valence-electron chi connectivity index (χ2n) is 4.29. The summed E-state index contributed by atoms with van der Waals surface area (Å²) >= 11 is 0. The van der Waals surface area contributed by atoms with Crippen LogP contribution in [0.4, 0.5) is 0 Å². The minimum Gasteiger partial charge on any atom is -0.488 e. The van der Waals surface area contributed by atoms with E-state index < -0.39 is 0 Å². The van der Waals surface area contributed by atoms with Gasteiger partial charge in [0.15, 0.2) is 0 Å². The average molecular weight is 254 g/mol. The van der Waals surface area contributed by atoms with E-state index in [0.29, 0.717) is 6.61 Å². The number of aryl methyl sites for hydroxylation is 1. The lowest BCUT2D eigenvalue weighted by atomic mass is 10.1. The van der Waals surface area contributed by atoms with Gasteiger partial charge in [0, 0.05) is 12.6 Å². The Morgan fingerprint density at radius 1 is 1.11 bits per heavy atom. The van der Waals surface area contributed by atoms with Gasteiger partial charge in [0.25, 0.3) is 0 Å². The summed E-state index contributed by atoms with van der Waals surface area (Å²) in [6.07, 6.45) is 1.75. The third-order valence-corrected chi connectivity index (χ3v) is 2.77. The predicted octanol–water partition coefficient (Wildman–Crippen LogP) is 3.13. The molecule has 0 radical (unpaired) electrons. The Labute approximate surface area is 113 Å². The van der Waals surface area contributed by atoms with Crippen molar-refractivity contribution in [3.63, 3.8) is 0 Å². The van der Waals surface area contributed by atoms with Gasteiger partial charge in [-0.05, 0) is 24.6 Å². The first-order valence-electron chi connectivity index (χ1n) is 6.27. The SMILES string of the molecule is CN/N=C/c1ccccc1OCc1ccc(C)cc1. The number of ether oxygens (including phenoxy) is 1. The molecule has 1 N–H and O–H groups in total. The van der Waals surface area contributed by atoms with E-state index in [1.54, 1.807) is 13.3 Å². The molecular weight excluding hydrogens is 236 g/mol. The van der Waals surface area contributed by atoms with E-state index in [-0.39, 0.29) is 0 Å². The largest absolute Gasteiger partial charge is 0.488 e. The average Bonchev–Trinajstić information content (AvgIpc) is 2.45. The molecule has 0 unspecified atom stereocenters. The topological polar surface area (TPSA) is 33.6 Å². The van der Waals surface area contributed by atoms with Crippen LogP contribution in [-0.4, -0.2) is 13.3 Å². The van der Waals surface area contributed by atoms with Crippen LogP contribution in [0, 0.1) is 6.92 Å². The molecule has 0 aliphatic heterocycles. The minimum absolute atomic E-state index is 0.560. The lowest BCUT2D eigenvalue weighted by molar-refractivity contribution is 0.306. The number of para-hydroxylation sites is 1. The molecule has 0 aliphatic carbocycles. The van der Waals surface area contributed by atoms with Gasteiger partial charge < -0.3 is 10.2 Å². The highest BCUT2D eigenvalue weighted by atomic mass is 16.5. The highest BCUT2D eigenvalue weighted by molar-refractivity contribution is 5.83. The zero-order valence-corrected chi connectivity index (χ0v) is 11.3. The highest BCUT2D eigenvalue weighted by Crippen LogP contribution is 2.17. The first-order chi connectivity index (χ1) is 9.29. The predicted molar refractivity (Wildman–Crippen MR) is 78.6 cm³/mol. The fraction of sp³-hybridized carbons (Fsp3) is 0.188. The van der Waals surface area contributed by atoms with Crippen LogP contribution in [0.15, 0.2) is 53.6 Å². The molecule has 2 rings (SSSR count). The molecule has 2 aromatic rings. The van der Waals surface area contributed by atoms with Gasteiger partial charge in [-0.3, -0.25) is 0 Å². The van der Waals surface area contributed by atoms with Gasteiger partial charge in [0.2, 0.25) is 0 Å². The molecule has 0 aliphatic rings. The lowest BCUT2D eigenvalue weighted by Gasteiger charge is -2.09. The first kappa shape index (κ1) is 13.1. The van der Waals surface area contributed by atoms with Crippen molar-refractivity contribution in [3.8, 4) is 5.75 Å². The number of nitrogens with one attached hydrogen (secondary N) is 1. The molecular formula is C16H18N2O. The fourth-order valence-corrected chi connectivity index (χ4v) is 1.70. The Kier molecular flexibility index (Phi) is 4.56. The van der Waals surface area contributed by atoms with Gasteiger partial charge in [-0.2, -0.15) is 5.10 Å². The Hall–Kier alpha value is -2.29. The molecule has 98 valence electrons. The molecule has 0 aromatic heterocycles. The molecule has 0 bridgehead atoms. The van der Waals surface area contributed by atoms with E-state index in [2.05, 4.69) is 41.7 Å². The summed E-state index contributed by atoms with van der Waals surface area (Å²) in [5, 5.41) is 4.01. The van der Waals surface area contributed by atoms with Crippen LogP contribution in [0.1, 0.15) is 16.7 Å². The van der Waals surface area contributed by atoms with Crippen LogP contribution < -0.4 is 10.2 Å². The summed E-state index contributed by atoms with van der Waals surface area (Å²) in [5.74, 6) is 0.835. The zero-order chi connectivity index (χ0) is 13.5. The van der Waals surface area contributed by atoms with Gasteiger partial charge >= 0.3 is 0 Å². The standard InChI is InChI=1S/C16H18N2O/c1-13-7-9-14(10-8-13)12-19-16-6-4-3-5-15(16)11-18-17-2/h3-11,17H,12H2,1-2H3/b18-11+. The minimum atomic E-state index is 0.560. The zero-order valence-electron chi connectivity index (χ0n) is 11.3. The van der Waals surface area contributed by atoms with Crippen molar-refractivity contribution in [2.24, 2.45) is 5.10 Å². The number of nitrogens with zero attached hydrogens (tertiary/aromatic N) is 1. The Bertz CT molecular complexity index is 547. The molecule has 0 heterocycles. The Balaban J connectivity index is 2.06. The molecule has 2 aromatic carbocycles. The van der Waals surface area contributed by atoms with Gasteiger partial charge in [0.1, 0.15) is 12.4 Å². The molecule has 3 nitrogen and oxygen atoms in total. The summed E-state index contributed by atoms with van der Waals surface area (Å²) in [5.41, 5.74) is 6.11. The van der Waals surface area contributed by atoms with Crippen molar-refractivity contribution in [2.75, 3.05) is 7.05 Å². The quantitative estimate of drug-likeness (QED) is 0.657. The Morgan fingerprint density at radius 2 is 1.84 bits per heavy atom. The third kappa shape index (κ3) is 3.85. The van der Waals surface area contributed by atoms with Crippen molar-refractivity contribution in [1.82, 2.24) is 5.43 Å². The van der Waals surface area contributed by atoms with E-state index in [1.807, 2.05) is 24.3 Å². The van der Waals surface area contributed by atoms with E-state index in [4.69, 9.17) is 4.74 Å². The molecule has 0 saturated heterocycles. The lowest BCUT2D eigenvalue weighted by Crippen LogP contribution is -2.00. The molecule has 3 heteroatoms. The number of rotatable bonds is 5. The third-order valence-electron chi connectivity index (χ3n) is 2.77. The van der Waals surface area contributed by atoms with Crippen molar-refractivity contribution < 1.29 is 4.74 Å². The molecule has 0 amide bonds. The second kappa shape index (κ2) is 6.59. The van der Waals surface area contributed by atoms with Crippen LogP contribution in [0.2, 0.25) is 0 Å². The van der Waals surface area contributed by atoms with Gasteiger partial charge in [-0.25, -0.2) is 0 Å². The van der Waals surface area contributed by atoms with Gasteiger partial charge in [-0.15, -0.1) is 0 Å². The number of hydrazone groups is 1. The summed E-state index contributed by atoms with van der Waals surface area (Å²) in [7, 11) is 1.77. The van der Waals surface area contributed by atoms with Crippen molar-refractivity contribution >= 4 is 6.21 Å². The number of hydrogen-bond donors (Lipinski definition) is 1. The highest BCUT2D eigenvalue weighted by Gasteiger charge is 2.01. The van der Waals surface area contributed by atoms with Crippen molar-refractivity contribution in [1.29, 1.82) is 0 Å². The maximum absolute atomic E-state index is 5.84. The van der Waals surface area contributed by atoms with Crippen LogP contribution >= 0.6 is 0 Å². The first-order valence-corrected chi connectivity index (χ1v) is 6.27. The normalized spacial score (nSPS) is 10.6. The van der Waals surface area contributed by atoms with E-state index in [1.165, 1.54) is 5.56 Å².